The predicted octanol–water partition coefficient (Wildman–Crippen LogP) is 3.73. The molecule has 0 radical (unpaired) electrons. The minimum atomic E-state index is -1.17. The van der Waals surface area contributed by atoms with Gasteiger partial charge in [-0.1, -0.05) is 54.1 Å². The summed E-state index contributed by atoms with van der Waals surface area (Å²) >= 11 is 7.65. The van der Waals surface area contributed by atoms with Gasteiger partial charge < -0.3 is 5.11 Å². The smallest absolute Gasteiger partial charge is 0.161 e. The zero-order chi connectivity index (χ0) is 12.1. The van der Waals surface area contributed by atoms with Gasteiger partial charge in [-0.25, -0.2) is 0 Å². The molecule has 0 spiro atoms. The SMILES string of the molecule is OC1(Cl)C=CC(CSCc2ccccc2)=CC1. The first-order valence-corrected chi connectivity index (χ1v) is 7.10. The second-order valence-corrected chi connectivity index (χ2v) is 5.75. The lowest BCUT2D eigenvalue weighted by atomic mass is 10.1. The van der Waals surface area contributed by atoms with E-state index in [9.17, 15) is 5.11 Å². The van der Waals surface area contributed by atoms with E-state index in [1.165, 1.54) is 11.1 Å². The maximum Gasteiger partial charge on any atom is 0.161 e. The Morgan fingerprint density at radius 3 is 2.65 bits per heavy atom. The third-order valence-corrected chi connectivity index (χ3v) is 3.94. The highest BCUT2D eigenvalue weighted by atomic mass is 35.5. The lowest BCUT2D eigenvalue weighted by Crippen LogP contribution is -2.18. The molecular formula is C14H15ClOS. The average Bonchev–Trinajstić information content (AvgIpc) is 2.33. The van der Waals surface area contributed by atoms with E-state index in [-0.39, 0.29) is 0 Å². The Bertz CT molecular complexity index is 423. The molecule has 0 saturated carbocycles. The monoisotopic (exact) mass is 266 g/mol. The summed E-state index contributed by atoms with van der Waals surface area (Å²) in [6.07, 6.45) is 6.07. The molecule has 3 heteroatoms. The van der Waals surface area contributed by atoms with Gasteiger partial charge in [-0.3, -0.25) is 0 Å². The number of hydrogen-bond acceptors (Lipinski definition) is 2. The molecule has 1 nitrogen and oxygen atoms in total. The van der Waals surface area contributed by atoms with Crippen molar-refractivity contribution in [3.63, 3.8) is 0 Å². The molecule has 0 bridgehead atoms. The first-order chi connectivity index (χ1) is 8.16. The number of thioether (sulfide) groups is 1. The number of benzene rings is 1. The van der Waals surface area contributed by atoms with Crippen molar-refractivity contribution in [3.8, 4) is 0 Å². The summed E-state index contributed by atoms with van der Waals surface area (Å²) in [6, 6.07) is 10.4. The highest BCUT2D eigenvalue weighted by molar-refractivity contribution is 7.98. The topological polar surface area (TPSA) is 20.2 Å². The molecular weight excluding hydrogens is 252 g/mol. The molecule has 1 aromatic rings. The van der Waals surface area contributed by atoms with Crippen molar-refractivity contribution in [2.75, 3.05) is 5.75 Å². The van der Waals surface area contributed by atoms with Crippen LogP contribution in [-0.2, 0) is 5.75 Å². The van der Waals surface area contributed by atoms with Gasteiger partial charge in [0.2, 0.25) is 0 Å². The Hall–Kier alpha value is -0.700. The summed E-state index contributed by atoms with van der Waals surface area (Å²) in [5.74, 6) is 1.97. The maximum absolute atomic E-state index is 9.52. The predicted molar refractivity (Wildman–Crippen MR) is 75.2 cm³/mol. The van der Waals surface area contributed by atoms with E-state index < -0.39 is 5.06 Å². The van der Waals surface area contributed by atoms with Gasteiger partial charge in [-0.15, -0.1) is 0 Å². The van der Waals surface area contributed by atoms with E-state index in [1.807, 2.05) is 30.0 Å². The molecule has 1 aliphatic rings. The van der Waals surface area contributed by atoms with Crippen LogP contribution in [-0.4, -0.2) is 15.9 Å². The molecule has 1 atom stereocenters. The number of aliphatic hydroxyl groups is 1. The molecule has 1 N–H and O–H groups in total. The van der Waals surface area contributed by atoms with Crippen LogP contribution in [0.5, 0.6) is 0 Å². The molecule has 17 heavy (non-hydrogen) atoms. The van der Waals surface area contributed by atoms with E-state index >= 15 is 0 Å². The molecule has 1 aromatic carbocycles. The highest BCUT2D eigenvalue weighted by Crippen LogP contribution is 2.26. The molecule has 0 aromatic heterocycles. The number of allylic oxidation sites excluding steroid dienone is 1. The van der Waals surface area contributed by atoms with Crippen molar-refractivity contribution in [1.82, 2.24) is 0 Å². The molecule has 90 valence electrons. The second kappa shape index (κ2) is 5.76. The van der Waals surface area contributed by atoms with Crippen LogP contribution in [0.4, 0.5) is 0 Å². The number of alkyl halides is 1. The third-order valence-electron chi connectivity index (χ3n) is 2.58. The van der Waals surface area contributed by atoms with Crippen LogP contribution in [0, 0.1) is 0 Å². The summed E-state index contributed by atoms with van der Waals surface area (Å²) in [5, 5.41) is 8.35. The summed E-state index contributed by atoms with van der Waals surface area (Å²) in [7, 11) is 0. The minimum Gasteiger partial charge on any atom is -0.371 e. The van der Waals surface area contributed by atoms with E-state index in [0.29, 0.717) is 6.42 Å². The summed E-state index contributed by atoms with van der Waals surface area (Å²) in [5.41, 5.74) is 2.57. The molecule has 1 aliphatic carbocycles. The fourth-order valence-corrected chi connectivity index (χ4v) is 2.73. The molecule has 0 saturated heterocycles. The van der Waals surface area contributed by atoms with E-state index in [1.54, 1.807) is 6.08 Å². The van der Waals surface area contributed by atoms with Gasteiger partial charge in [0.25, 0.3) is 0 Å². The number of rotatable bonds is 4. The molecule has 0 amide bonds. The van der Waals surface area contributed by atoms with Crippen molar-refractivity contribution in [2.24, 2.45) is 0 Å². The van der Waals surface area contributed by atoms with Crippen LogP contribution < -0.4 is 0 Å². The van der Waals surface area contributed by atoms with Gasteiger partial charge in [-0.05, 0) is 17.2 Å². The molecule has 0 fully saturated rings. The number of hydrogen-bond donors (Lipinski definition) is 1. The second-order valence-electron chi connectivity index (χ2n) is 4.11. The average molecular weight is 267 g/mol. The van der Waals surface area contributed by atoms with Gasteiger partial charge in [0.15, 0.2) is 5.06 Å². The van der Waals surface area contributed by atoms with E-state index in [2.05, 4.69) is 24.3 Å². The van der Waals surface area contributed by atoms with Gasteiger partial charge >= 0.3 is 0 Å². The largest absolute Gasteiger partial charge is 0.371 e. The Kier molecular flexibility index (Phi) is 4.32. The van der Waals surface area contributed by atoms with Crippen molar-refractivity contribution in [2.45, 2.75) is 17.2 Å². The maximum atomic E-state index is 9.52. The fraction of sp³-hybridized carbons (Fsp3) is 0.286. The van der Waals surface area contributed by atoms with Crippen LogP contribution in [0.3, 0.4) is 0 Å². The summed E-state index contributed by atoms with van der Waals surface area (Å²) < 4.78 is 0. The highest BCUT2D eigenvalue weighted by Gasteiger charge is 2.20. The van der Waals surface area contributed by atoms with Crippen molar-refractivity contribution in [3.05, 3.63) is 59.7 Å². The minimum absolute atomic E-state index is 0.492. The van der Waals surface area contributed by atoms with Gasteiger partial charge in [0.05, 0.1) is 0 Å². The fourth-order valence-electron chi connectivity index (χ4n) is 1.61. The molecule has 0 heterocycles. The van der Waals surface area contributed by atoms with Crippen LogP contribution in [0.2, 0.25) is 0 Å². The Labute approximate surface area is 111 Å². The van der Waals surface area contributed by atoms with Crippen molar-refractivity contribution < 1.29 is 5.11 Å². The number of halogens is 1. The van der Waals surface area contributed by atoms with Crippen LogP contribution in [0.15, 0.2) is 54.1 Å². The lowest BCUT2D eigenvalue weighted by Gasteiger charge is -2.18. The zero-order valence-electron chi connectivity index (χ0n) is 9.47. The standard InChI is InChI=1S/C14H15ClOS/c15-14(16)8-6-13(7-9-14)11-17-10-12-4-2-1-3-5-12/h1-8,16H,9-11H2. The first-order valence-electron chi connectivity index (χ1n) is 5.57. The van der Waals surface area contributed by atoms with Crippen LogP contribution in [0.1, 0.15) is 12.0 Å². The zero-order valence-corrected chi connectivity index (χ0v) is 11.0. The normalized spacial score (nSPS) is 23.5. The Morgan fingerprint density at radius 1 is 1.24 bits per heavy atom. The van der Waals surface area contributed by atoms with Crippen LogP contribution >= 0.6 is 23.4 Å². The molecule has 0 aliphatic heterocycles. The first kappa shape index (κ1) is 12.7. The quantitative estimate of drug-likeness (QED) is 0.838. The Morgan fingerprint density at radius 2 is 2.00 bits per heavy atom. The van der Waals surface area contributed by atoms with Gasteiger partial charge in [0.1, 0.15) is 0 Å². The summed E-state index contributed by atoms with van der Waals surface area (Å²) in [4.78, 5) is 0. The van der Waals surface area contributed by atoms with Crippen LogP contribution in [0.25, 0.3) is 0 Å². The lowest BCUT2D eigenvalue weighted by molar-refractivity contribution is 0.181. The van der Waals surface area contributed by atoms with Crippen molar-refractivity contribution in [1.29, 1.82) is 0 Å². The Balaban J connectivity index is 1.77. The summed E-state index contributed by atoms with van der Waals surface area (Å²) in [6.45, 7) is 0. The molecule has 2 rings (SSSR count). The van der Waals surface area contributed by atoms with E-state index in [0.717, 1.165) is 11.5 Å². The van der Waals surface area contributed by atoms with Gasteiger partial charge in [-0.2, -0.15) is 11.8 Å². The third kappa shape index (κ3) is 4.23. The van der Waals surface area contributed by atoms with Gasteiger partial charge in [0, 0.05) is 17.9 Å². The molecule has 1 unspecified atom stereocenters. The van der Waals surface area contributed by atoms with Crippen molar-refractivity contribution >= 4 is 23.4 Å². The van der Waals surface area contributed by atoms with E-state index in [4.69, 9.17) is 11.6 Å².